The van der Waals surface area contributed by atoms with Crippen molar-refractivity contribution in [2.45, 2.75) is 25.7 Å². The molecule has 0 atom stereocenters. The van der Waals surface area contributed by atoms with Crippen LogP contribution in [0.3, 0.4) is 0 Å². The molecule has 2 saturated heterocycles. The molecule has 0 unspecified atom stereocenters. The number of morpholine rings is 1. The number of thiazole rings is 1. The summed E-state index contributed by atoms with van der Waals surface area (Å²) >= 11 is 1.39. The second-order valence-corrected chi connectivity index (χ2v) is 9.55. The van der Waals surface area contributed by atoms with E-state index < -0.39 is 0 Å². The normalized spacial score (nSPS) is 17.1. The number of aromatic amines is 1. The predicted octanol–water partition coefficient (Wildman–Crippen LogP) is 3.79. The minimum Gasteiger partial charge on any atom is -0.379 e. The number of ether oxygens (including phenoxy) is 1. The van der Waals surface area contributed by atoms with E-state index in [2.05, 4.69) is 30.3 Å². The van der Waals surface area contributed by atoms with Crippen LogP contribution in [-0.4, -0.2) is 71.9 Å². The van der Waals surface area contributed by atoms with Gasteiger partial charge in [-0.15, -0.1) is 11.3 Å². The number of rotatable bonds is 7. The van der Waals surface area contributed by atoms with Crippen molar-refractivity contribution in [2.24, 2.45) is 0 Å². The van der Waals surface area contributed by atoms with Gasteiger partial charge in [0.15, 0.2) is 0 Å². The lowest BCUT2D eigenvalue weighted by Gasteiger charge is -2.31. The van der Waals surface area contributed by atoms with Crippen LogP contribution in [0, 0.1) is 5.82 Å². The van der Waals surface area contributed by atoms with E-state index in [-0.39, 0.29) is 11.7 Å². The van der Waals surface area contributed by atoms with E-state index in [9.17, 15) is 4.79 Å². The average Bonchev–Trinajstić information content (AvgIpc) is 3.58. The molecule has 1 aromatic carbocycles. The number of carbonyl (C=O) groups excluding carboxylic acids is 1. The Hall–Kier alpha value is -2.82. The fraction of sp³-hybridized carbons (Fsp3) is 0.458. The number of halogens is 1. The second-order valence-electron chi connectivity index (χ2n) is 8.69. The van der Waals surface area contributed by atoms with E-state index >= 15 is 4.39 Å². The van der Waals surface area contributed by atoms with Gasteiger partial charge < -0.3 is 15.0 Å². The summed E-state index contributed by atoms with van der Waals surface area (Å²) in [4.78, 5) is 22.0. The third-order valence-electron chi connectivity index (χ3n) is 6.39. The number of anilines is 2. The molecule has 2 aromatic heterocycles. The smallest absolute Gasteiger partial charge is 0.275 e. The maximum absolute atomic E-state index is 15.2. The summed E-state index contributed by atoms with van der Waals surface area (Å²) < 4.78 is 20.6. The first-order valence-electron chi connectivity index (χ1n) is 11.8. The van der Waals surface area contributed by atoms with E-state index in [0.717, 1.165) is 61.8 Å². The molecular formula is C24H29FN6O2S. The highest BCUT2D eigenvalue weighted by Gasteiger charge is 2.21. The Morgan fingerprint density at radius 3 is 2.76 bits per heavy atom. The van der Waals surface area contributed by atoms with Crippen molar-refractivity contribution in [3.8, 4) is 10.6 Å². The standard InChI is InChI=1S/C24H29FN6O2S/c25-19-13-22(31-5-2-1-3-6-31)20(12-17(19)4-7-30-8-10-33-11-9-30)28-23(32)21-16-34-24(29-21)18-14-26-27-15-18/h12-16H,1-11H2,(H,26,27)(H,28,32). The molecule has 8 nitrogen and oxygen atoms in total. The topological polar surface area (TPSA) is 86.4 Å². The Morgan fingerprint density at radius 2 is 2.00 bits per heavy atom. The number of hydrogen-bond acceptors (Lipinski definition) is 7. The summed E-state index contributed by atoms with van der Waals surface area (Å²) in [5.74, 6) is -0.516. The van der Waals surface area contributed by atoms with Crippen LogP contribution in [0.4, 0.5) is 15.8 Å². The van der Waals surface area contributed by atoms with Crippen LogP contribution < -0.4 is 10.2 Å². The largest absolute Gasteiger partial charge is 0.379 e. The molecule has 180 valence electrons. The van der Waals surface area contributed by atoms with Gasteiger partial charge >= 0.3 is 0 Å². The Morgan fingerprint density at radius 1 is 1.18 bits per heavy atom. The molecular weight excluding hydrogens is 455 g/mol. The van der Waals surface area contributed by atoms with E-state index in [1.54, 1.807) is 29.9 Å². The molecule has 5 rings (SSSR count). The lowest BCUT2D eigenvalue weighted by Crippen LogP contribution is -2.37. The highest BCUT2D eigenvalue weighted by atomic mass is 32.1. The van der Waals surface area contributed by atoms with E-state index in [1.807, 2.05) is 0 Å². The summed E-state index contributed by atoms with van der Waals surface area (Å²) in [5.41, 5.74) is 3.17. The first-order valence-corrected chi connectivity index (χ1v) is 12.7. The monoisotopic (exact) mass is 484 g/mol. The van der Waals surface area contributed by atoms with Crippen molar-refractivity contribution < 1.29 is 13.9 Å². The molecule has 0 saturated carbocycles. The summed E-state index contributed by atoms with van der Waals surface area (Å²) in [6, 6.07) is 3.40. The lowest BCUT2D eigenvalue weighted by atomic mass is 10.0. The van der Waals surface area contributed by atoms with Gasteiger partial charge in [0.2, 0.25) is 0 Å². The molecule has 2 aliphatic heterocycles. The quantitative estimate of drug-likeness (QED) is 0.531. The highest BCUT2D eigenvalue weighted by Crippen LogP contribution is 2.32. The first-order chi connectivity index (χ1) is 16.7. The van der Waals surface area contributed by atoms with E-state index in [1.165, 1.54) is 17.8 Å². The molecule has 2 fully saturated rings. The third kappa shape index (κ3) is 5.29. The summed E-state index contributed by atoms with van der Waals surface area (Å²) in [7, 11) is 0. The number of hydrogen-bond donors (Lipinski definition) is 2. The molecule has 0 spiro atoms. The number of H-pyrrole nitrogens is 1. The van der Waals surface area contributed by atoms with Gasteiger partial charge in [0, 0.05) is 49.9 Å². The Labute approximate surface area is 202 Å². The van der Waals surface area contributed by atoms with Gasteiger partial charge in [-0.25, -0.2) is 9.37 Å². The van der Waals surface area contributed by atoms with Gasteiger partial charge in [0.1, 0.15) is 16.5 Å². The van der Waals surface area contributed by atoms with Crippen molar-refractivity contribution in [3.63, 3.8) is 0 Å². The van der Waals surface area contributed by atoms with Gasteiger partial charge in [-0.2, -0.15) is 5.10 Å². The van der Waals surface area contributed by atoms with Crippen LogP contribution in [0.2, 0.25) is 0 Å². The van der Waals surface area contributed by atoms with Gasteiger partial charge in [0.05, 0.1) is 30.8 Å². The van der Waals surface area contributed by atoms with Gasteiger partial charge in [-0.1, -0.05) is 0 Å². The molecule has 0 aliphatic carbocycles. The van der Waals surface area contributed by atoms with Crippen LogP contribution in [0.15, 0.2) is 29.9 Å². The SMILES string of the molecule is O=C(Nc1cc(CCN2CCOCC2)c(F)cc1N1CCCCC1)c1csc(-c2cn[nH]c2)n1. The first kappa shape index (κ1) is 22.9. The number of carbonyl (C=O) groups is 1. The van der Waals surface area contributed by atoms with Crippen LogP contribution in [0.1, 0.15) is 35.3 Å². The van der Waals surface area contributed by atoms with Crippen LogP contribution >= 0.6 is 11.3 Å². The number of benzene rings is 1. The zero-order valence-corrected chi connectivity index (χ0v) is 19.9. The molecule has 2 aliphatic rings. The molecule has 1 amide bonds. The molecule has 10 heteroatoms. The summed E-state index contributed by atoms with van der Waals surface area (Å²) in [5, 5.41) is 12.2. The van der Waals surface area contributed by atoms with Crippen LogP contribution in [-0.2, 0) is 11.2 Å². The van der Waals surface area contributed by atoms with Crippen LogP contribution in [0.5, 0.6) is 0 Å². The van der Waals surface area contributed by atoms with Crippen LogP contribution in [0.25, 0.3) is 10.6 Å². The molecule has 4 heterocycles. The summed E-state index contributed by atoms with van der Waals surface area (Å²) in [6.45, 7) is 5.63. The van der Waals surface area contributed by atoms with Crippen molar-refractivity contribution in [1.29, 1.82) is 0 Å². The predicted molar refractivity (Wildman–Crippen MR) is 131 cm³/mol. The fourth-order valence-electron chi connectivity index (χ4n) is 4.46. The van der Waals surface area contributed by atoms with Gasteiger partial charge in [-0.3, -0.25) is 14.8 Å². The molecule has 3 aromatic rings. The number of nitrogens with one attached hydrogen (secondary N) is 2. The second kappa shape index (κ2) is 10.6. The molecule has 0 bridgehead atoms. The Kier molecular flexibility index (Phi) is 7.17. The maximum atomic E-state index is 15.2. The van der Waals surface area contributed by atoms with Crippen molar-refractivity contribution in [1.82, 2.24) is 20.1 Å². The van der Waals surface area contributed by atoms with Crippen molar-refractivity contribution in [2.75, 3.05) is 56.2 Å². The summed E-state index contributed by atoms with van der Waals surface area (Å²) in [6.07, 6.45) is 7.30. The van der Waals surface area contributed by atoms with Crippen molar-refractivity contribution in [3.05, 3.63) is 47.0 Å². The van der Waals surface area contributed by atoms with Crippen molar-refractivity contribution >= 4 is 28.6 Å². The maximum Gasteiger partial charge on any atom is 0.275 e. The number of nitrogens with zero attached hydrogens (tertiary/aromatic N) is 4. The lowest BCUT2D eigenvalue weighted by molar-refractivity contribution is 0.0383. The number of aromatic nitrogens is 3. The zero-order chi connectivity index (χ0) is 23.3. The van der Waals surface area contributed by atoms with E-state index in [4.69, 9.17) is 4.74 Å². The van der Waals surface area contributed by atoms with E-state index in [0.29, 0.717) is 36.6 Å². The minimum absolute atomic E-state index is 0.220. The Bertz CT molecular complexity index is 1110. The zero-order valence-electron chi connectivity index (χ0n) is 19.1. The van der Waals surface area contributed by atoms with Gasteiger partial charge in [0.25, 0.3) is 5.91 Å². The minimum atomic E-state index is -0.296. The third-order valence-corrected chi connectivity index (χ3v) is 7.28. The molecule has 0 radical (unpaired) electrons. The average molecular weight is 485 g/mol. The molecule has 2 N–H and O–H groups in total. The van der Waals surface area contributed by atoms with Gasteiger partial charge in [-0.05, 0) is 43.4 Å². The fourth-order valence-corrected chi connectivity index (χ4v) is 5.25. The Balaban J connectivity index is 1.37. The highest BCUT2D eigenvalue weighted by molar-refractivity contribution is 7.13. The molecule has 34 heavy (non-hydrogen) atoms. The number of amides is 1. The number of piperidine rings is 1.